The van der Waals surface area contributed by atoms with Crippen molar-refractivity contribution in [1.29, 1.82) is 0 Å². The van der Waals surface area contributed by atoms with Gasteiger partial charge in [-0.15, -0.1) is 0 Å². The number of hydrogen-bond acceptors (Lipinski definition) is 7. The number of pyridine rings is 2. The Labute approximate surface area is 195 Å². The van der Waals surface area contributed by atoms with E-state index in [0.29, 0.717) is 32.0 Å². The van der Waals surface area contributed by atoms with Crippen LogP contribution < -0.4 is 9.80 Å². The van der Waals surface area contributed by atoms with Crippen LogP contribution in [0.3, 0.4) is 0 Å². The van der Waals surface area contributed by atoms with Crippen LogP contribution in [0, 0.1) is 0 Å². The summed E-state index contributed by atoms with van der Waals surface area (Å²) in [6, 6.07) is 6.58. The summed E-state index contributed by atoms with van der Waals surface area (Å²) in [4.78, 5) is 15.0. The second kappa shape index (κ2) is 8.88. The number of aliphatic hydroxyl groups is 1. The second-order valence-electron chi connectivity index (χ2n) is 8.91. The zero-order valence-electron chi connectivity index (χ0n) is 18.7. The lowest BCUT2D eigenvalue weighted by Crippen LogP contribution is -2.51. The van der Waals surface area contributed by atoms with Crippen molar-refractivity contribution in [3.8, 4) is 11.3 Å². The molecule has 0 spiro atoms. The molecule has 0 saturated carbocycles. The van der Waals surface area contributed by atoms with Crippen LogP contribution in [0.2, 0.25) is 0 Å². The molecule has 0 amide bonds. The molecule has 0 radical (unpaired) electrons. The maximum atomic E-state index is 12.8. The molecule has 2 aliphatic rings. The third kappa shape index (κ3) is 4.58. The Balaban J connectivity index is 1.22. The number of β-amino-alcohol motifs (C(OH)–C–C–N with tert-alkyl or cyclic N) is 1. The van der Waals surface area contributed by atoms with Gasteiger partial charge in [0.2, 0.25) is 0 Å². The fourth-order valence-electron chi connectivity index (χ4n) is 4.53. The number of anilines is 2. The van der Waals surface area contributed by atoms with Gasteiger partial charge >= 0.3 is 6.18 Å². The second-order valence-corrected chi connectivity index (χ2v) is 8.91. The van der Waals surface area contributed by atoms with Crippen LogP contribution in [0.25, 0.3) is 11.3 Å². The number of piperazine rings is 1. The summed E-state index contributed by atoms with van der Waals surface area (Å²) in [5.41, 5.74) is 2.18. The minimum Gasteiger partial charge on any atom is -0.389 e. The SMILES string of the molecule is C[C@@H]1CN(Cc2cn[nH]c2-c2ccc(N3CC(O)C3)nc2)CCN1c1ccc(C(F)(F)F)cn1. The van der Waals surface area contributed by atoms with Gasteiger partial charge in [-0.05, 0) is 31.2 Å². The number of aromatic amines is 1. The van der Waals surface area contributed by atoms with E-state index in [-0.39, 0.29) is 12.1 Å². The minimum atomic E-state index is -4.38. The lowest BCUT2D eigenvalue weighted by Gasteiger charge is -2.40. The summed E-state index contributed by atoms with van der Waals surface area (Å²) in [5, 5.41) is 16.8. The molecule has 11 heteroatoms. The summed E-state index contributed by atoms with van der Waals surface area (Å²) < 4.78 is 38.5. The topological polar surface area (TPSA) is 84.4 Å². The van der Waals surface area contributed by atoms with Crippen LogP contribution in [0.4, 0.5) is 24.8 Å². The number of nitrogens with zero attached hydrogens (tertiary/aromatic N) is 6. The first-order chi connectivity index (χ1) is 16.3. The average Bonchev–Trinajstić information content (AvgIpc) is 3.25. The molecule has 34 heavy (non-hydrogen) atoms. The maximum absolute atomic E-state index is 12.8. The summed E-state index contributed by atoms with van der Waals surface area (Å²) in [6.07, 6.45) is -0.128. The van der Waals surface area contributed by atoms with Gasteiger partial charge in [-0.25, -0.2) is 9.97 Å². The van der Waals surface area contributed by atoms with E-state index in [0.717, 1.165) is 48.0 Å². The Morgan fingerprint density at radius 1 is 1.00 bits per heavy atom. The minimum absolute atomic E-state index is 0.0983. The van der Waals surface area contributed by atoms with Gasteiger partial charge in [0.15, 0.2) is 0 Å². The van der Waals surface area contributed by atoms with Crippen molar-refractivity contribution in [3.63, 3.8) is 0 Å². The molecule has 0 bridgehead atoms. The molecular formula is C23H26F3N7O. The highest BCUT2D eigenvalue weighted by atomic mass is 19.4. The highest BCUT2D eigenvalue weighted by molar-refractivity contribution is 5.63. The number of nitrogens with one attached hydrogen (secondary N) is 1. The summed E-state index contributed by atoms with van der Waals surface area (Å²) in [7, 11) is 0. The zero-order chi connectivity index (χ0) is 23.9. The number of alkyl halides is 3. The summed E-state index contributed by atoms with van der Waals surface area (Å²) >= 11 is 0. The van der Waals surface area contributed by atoms with Crippen LogP contribution in [0.15, 0.2) is 42.9 Å². The molecule has 2 saturated heterocycles. The predicted molar refractivity (Wildman–Crippen MR) is 121 cm³/mol. The smallest absolute Gasteiger partial charge is 0.389 e. The first-order valence-electron chi connectivity index (χ1n) is 11.2. The van der Waals surface area contributed by atoms with Crippen molar-refractivity contribution in [3.05, 3.63) is 54.0 Å². The van der Waals surface area contributed by atoms with E-state index < -0.39 is 11.7 Å². The van der Waals surface area contributed by atoms with Gasteiger partial charge in [-0.1, -0.05) is 0 Å². The Morgan fingerprint density at radius 3 is 2.38 bits per heavy atom. The number of H-pyrrole nitrogens is 1. The molecule has 0 aliphatic carbocycles. The molecule has 0 aromatic carbocycles. The van der Waals surface area contributed by atoms with Gasteiger partial charge in [0, 0.05) is 68.8 Å². The van der Waals surface area contributed by atoms with Crippen LogP contribution in [-0.4, -0.2) is 75.0 Å². The predicted octanol–water partition coefficient (Wildman–Crippen LogP) is 2.78. The van der Waals surface area contributed by atoms with E-state index in [9.17, 15) is 18.3 Å². The van der Waals surface area contributed by atoms with E-state index in [4.69, 9.17) is 0 Å². The highest BCUT2D eigenvalue weighted by Crippen LogP contribution is 2.30. The lowest BCUT2D eigenvalue weighted by molar-refractivity contribution is -0.137. The molecule has 2 N–H and O–H groups in total. The van der Waals surface area contributed by atoms with Crippen molar-refractivity contribution in [1.82, 2.24) is 25.1 Å². The van der Waals surface area contributed by atoms with Crippen LogP contribution in [-0.2, 0) is 12.7 Å². The zero-order valence-corrected chi connectivity index (χ0v) is 18.7. The van der Waals surface area contributed by atoms with E-state index in [1.54, 1.807) is 0 Å². The van der Waals surface area contributed by atoms with Crippen LogP contribution in [0.1, 0.15) is 18.1 Å². The Morgan fingerprint density at radius 2 is 1.76 bits per heavy atom. The number of aliphatic hydroxyl groups excluding tert-OH is 1. The summed E-state index contributed by atoms with van der Waals surface area (Å²) in [5.74, 6) is 1.40. The van der Waals surface area contributed by atoms with Gasteiger partial charge in [0.25, 0.3) is 0 Å². The number of aromatic nitrogens is 4. The quantitative estimate of drug-likeness (QED) is 0.590. The molecule has 1 atom stereocenters. The number of hydrogen-bond donors (Lipinski definition) is 2. The largest absolute Gasteiger partial charge is 0.417 e. The molecule has 2 fully saturated rings. The van der Waals surface area contributed by atoms with Crippen molar-refractivity contribution in [2.75, 3.05) is 42.5 Å². The Hall–Kier alpha value is -3.18. The third-order valence-corrected chi connectivity index (χ3v) is 6.42. The van der Waals surface area contributed by atoms with Crippen molar-refractivity contribution in [2.45, 2.75) is 31.8 Å². The van der Waals surface area contributed by atoms with Crippen LogP contribution >= 0.6 is 0 Å². The molecule has 180 valence electrons. The van der Waals surface area contributed by atoms with Gasteiger partial charge in [0.1, 0.15) is 11.6 Å². The van der Waals surface area contributed by atoms with Crippen molar-refractivity contribution < 1.29 is 18.3 Å². The van der Waals surface area contributed by atoms with E-state index in [2.05, 4.69) is 32.0 Å². The third-order valence-electron chi connectivity index (χ3n) is 6.42. The molecule has 5 rings (SSSR count). The molecule has 3 aromatic heterocycles. The standard InChI is InChI=1S/C23H26F3N7O/c1-15-11-31(6-7-33(15)21-5-3-18(10-28-21)23(24,25)26)12-17-9-29-30-22(17)16-2-4-20(27-8-16)32-13-19(34)14-32/h2-5,8-10,15,19,34H,6-7,11-14H2,1H3,(H,29,30)/t15-/m1/s1. The Bertz CT molecular complexity index is 1110. The van der Waals surface area contributed by atoms with Gasteiger partial charge in [-0.3, -0.25) is 10.00 Å². The fraction of sp³-hybridized carbons (Fsp3) is 0.435. The first-order valence-corrected chi connectivity index (χ1v) is 11.2. The maximum Gasteiger partial charge on any atom is 0.417 e. The first kappa shape index (κ1) is 22.6. The van der Waals surface area contributed by atoms with Gasteiger partial charge in [0.05, 0.1) is 23.6 Å². The molecular weight excluding hydrogens is 447 g/mol. The number of rotatable bonds is 5. The van der Waals surface area contributed by atoms with E-state index in [1.807, 2.05) is 34.3 Å². The molecule has 8 nitrogen and oxygen atoms in total. The molecule has 3 aromatic rings. The average molecular weight is 474 g/mol. The number of halogens is 3. The molecule has 2 aliphatic heterocycles. The lowest BCUT2D eigenvalue weighted by atomic mass is 10.1. The normalized spacial score (nSPS) is 20.0. The summed E-state index contributed by atoms with van der Waals surface area (Å²) in [6.45, 7) is 6.14. The van der Waals surface area contributed by atoms with Gasteiger partial charge < -0.3 is 14.9 Å². The van der Waals surface area contributed by atoms with E-state index >= 15 is 0 Å². The fourth-order valence-corrected chi connectivity index (χ4v) is 4.53. The van der Waals surface area contributed by atoms with Crippen LogP contribution in [0.5, 0.6) is 0 Å². The van der Waals surface area contributed by atoms with E-state index in [1.165, 1.54) is 6.07 Å². The van der Waals surface area contributed by atoms with Crippen molar-refractivity contribution >= 4 is 11.6 Å². The Kier molecular flexibility index (Phi) is 5.90. The van der Waals surface area contributed by atoms with Crippen molar-refractivity contribution in [2.24, 2.45) is 0 Å². The molecule has 5 heterocycles. The van der Waals surface area contributed by atoms with Gasteiger partial charge in [-0.2, -0.15) is 18.3 Å². The highest BCUT2D eigenvalue weighted by Gasteiger charge is 2.32. The molecule has 0 unspecified atom stereocenters. The monoisotopic (exact) mass is 473 g/mol.